The van der Waals surface area contributed by atoms with Crippen molar-refractivity contribution in [2.45, 2.75) is 0 Å². The van der Waals surface area contributed by atoms with Crippen molar-refractivity contribution in [3.63, 3.8) is 0 Å². The molecule has 0 heterocycles. The van der Waals surface area contributed by atoms with Gasteiger partial charge in [0, 0.05) is 0 Å². The van der Waals surface area contributed by atoms with Gasteiger partial charge in [0.25, 0.3) is 0 Å². The molecule has 0 aliphatic heterocycles. The third-order valence-electron chi connectivity index (χ3n) is 0.184. The molecule has 0 rings (SSSR count). The summed E-state index contributed by atoms with van der Waals surface area (Å²) in [5.41, 5.74) is 0. The average Bonchev–Trinajstić information content (AvgIpc) is 1.72. The molecule has 0 bridgehead atoms. The quantitative estimate of drug-likeness (QED) is 0.354. The van der Waals surface area contributed by atoms with Crippen LogP contribution in [0.2, 0.25) is 0 Å². The Bertz CT molecular complexity index is 81.4. The van der Waals surface area contributed by atoms with Gasteiger partial charge in [-0.1, -0.05) is 6.58 Å². The van der Waals surface area contributed by atoms with Gasteiger partial charge in [0.2, 0.25) is 0 Å². The van der Waals surface area contributed by atoms with Gasteiger partial charge in [-0.25, -0.2) is 4.57 Å². The van der Waals surface area contributed by atoms with Gasteiger partial charge in [0.05, 0.1) is 6.26 Å². The molecule has 3 nitrogen and oxygen atoms in total. The van der Waals surface area contributed by atoms with Gasteiger partial charge in [-0.3, -0.25) is 0 Å². The Balaban J connectivity index is 0. The summed E-state index contributed by atoms with van der Waals surface area (Å²) in [5, 5.41) is 0. The van der Waals surface area contributed by atoms with Crippen LogP contribution in [0.15, 0.2) is 26.0 Å². The molecule has 1 N–H and O–H groups in total. The first-order valence-corrected chi connectivity index (χ1v) is 3.04. The summed E-state index contributed by atoms with van der Waals surface area (Å²) >= 11 is 0. The predicted molar refractivity (Wildman–Crippen MR) is 33.8 cm³/mol. The van der Waals surface area contributed by atoms with E-state index in [2.05, 4.69) is 24.3 Å². The lowest BCUT2D eigenvalue weighted by molar-refractivity contribution is 0.379. The van der Waals surface area contributed by atoms with E-state index in [0.29, 0.717) is 0 Å². The molecule has 0 aliphatic carbocycles. The minimum Gasteiger partial charge on any atom is -0.435 e. The van der Waals surface area contributed by atoms with Crippen molar-refractivity contribution in [3.8, 4) is 0 Å². The molecule has 0 saturated heterocycles. The van der Waals surface area contributed by atoms with E-state index in [-0.39, 0.29) is 0 Å². The molecule has 0 spiro atoms. The number of hydrogen-bond donors (Lipinski definition) is 1. The molecular weight excluding hydrogens is 127 g/mol. The summed E-state index contributed by atoms with van der Waals surface area (Å²) in [6.45, 7) is 9.04. The van der Waals surface area contributed by atoms with Crippen LogP contribution in [0.3, 0.4) is 0 Å². The van der Waals surface area contributed by atoms with Gasteiger partial charge in [-0.05, 0) is 0 Å². The maximum absolute atomic E-state index is 9.49. The van der Waals surface area contributed by atoms with Crippen LogP contribution in [0.1, 0.15) is 0 Å². The van der Waals surface area contributed by atoms with Gasteiger partial charge < -0.3 is 9.42 Å². The molecule has 1 atom stereocenters. The fourth-order valence-corrected chi connectivity index (χ4v) is 0.214. The lowest BCUT2D eigenvalue weighted by atomic mass is 11.2. The Morgan fingerprint density at radius 3 is 2.00 bits per heavy atom. The minimum atomic E-state index is -2.75. The fourth-order valence-electron chi connectivity index (χ4n) is 0.0713. The normalized spacial score (nSPS) is 10.1. The van der Waals surface area contributed by atoms with Crippen LogP contribution in [-0.2, 0) is 9.09 Å². The maximum Gasteiger partial charge on any atom is 0.364 e. The summed E-state index contributed by atoms with van der Waals surface area (Å²) < 4.78 is 13.4. The molecule has 0 aromatic heterocycles. The van der Waals surface area contributed by atoms with Crippen molar-refractivity contribution in [2.24, 2.45) is 0 Å². The highest BCUT2D eigenvalue weighted by molar-refractivity contribution is 7.32. The predicted octanol–water partition coefficient (Wildman–Crippen LogP) is 1.33. The van der Waals surface area contributed by atoms with Crippen LogP contribution in [0.4, 0.5) is 0 Å². The van der Waals surface area contributed by atoms with Crippen LogP contribution < -0.4 is 0 Å². The fraction of sp³-hybridized carbons (Fsp3) is 0. The molecule has 0 fully saturated rings. The average molecular weight is 136 g/mol. The van der Waals surface area contributed by atoms with Gasteiger partial charge in [-0.2, -0.15) is 0 Å². The Morgan fingerprint density at radius 1 is 1.62 bits per heavy atom. The third-order valence-corrected chi connectivity index (χ3v) is 0.552. The van der Waals surface area contributed by atoms with Crippen LogP contribution in [-0.4, -0.2) is 4.89 Å². The van der Waals surface area contributed by atoms with Crippen molar-refractivity contribution >= 4 is 8.25 Å². The van der Waals surface area contributed by atoms with E-state index in [0.717, 1.165) is 6.26 Å². The number of hydrogen-bond acceptors (Lipinski definition) is 2. The molecule has 4 heteroatoms. The lowest BCUT2D eigenvalue weighted by Gasteiger charge is -1.84. The van der Waals surface area contributed by atoms with Gasteiger partial charge >= 0.3 is 8.25 Å². The van der Waals surface area contributed by atoms with E-state index in [1.165, 1.54) is 0 Å². The highest BCUT2D eigenvalue weighted by Crippen LogP contribution is 2.12. The van der Waals surface area contributed by atoms with E-state index in [1.807, 2.05) is 0 Å². The Kier molecular flexibility index (Phi) is 12.7. The van der Waals surface area contributed by atoms with E-state index >= 15 is 0 Å². The summed E-state index contributed by atoms with van der Waals surface area (Å²) in [5.74, 6) is 0. The molecule has 0 aliphatic rings. The van der Waals surface area contributed by atoms with E-state index in [4.69, 9.17) is 4.89 Å². The molecule has 48 valence electrons. The second-order valence-electron chi connectivity index (χ2n) is 0.550. The molecule has 0 saturated carbocycles. The molecule has 1 unspecified atom stereocenters. The highest BCUT2D eigenvalue weighted by atomic mass is 31.1. The SMILES string of the molecule is C=C.C=CO[PH](=O)O. The topological polar surface area (TPSA) is 46.5 Å². The van der Waals surface area contributed by atoms with Crippen molar-refractivity contribution in [3.05, 3.63) is 26.0 Å². The second-order valence-corrected chi connectivity index (χ2v) is 1.32. The molecule has 0 aromatic rings. The zero-order valence-corrected chi connectivity index (χ0v) is 5.46. The van der Waals surface area contributed by atoms with Crippen LogP contribution >= 0.6 is 8.25 Å². The molecule has 8 heavy (non-hydrogen) atoms. The van der Waals surface area contributed by atoms with Crippen LogP contribution in [0.25, 0.3) is 0 Å². The zero-order valence-electron chi connectivity index (χ0n) is 4.46. The second kappa shape index (κ2) is 9.69. The van der Waals surface area contributed by atoms with Crippen molar-refractivity contribution in [2.75, 3.05) is 0 Å². The van der Waals surface area contributed by atoms with E-state index in [9.17, 15) is 4.57 Å². The van der Waals surface area contributed by atoms with E-state index in [1.54, 1.807) is 0 Å². The Labute approximate surface area is 49.2 Å². The number of rotatable bonds is 2. The van der Waals surface area contributed by atoms with Gasteiger partial charge in [-0.15, -0.1) is 13.2 Å². The maximum atomic E-state index is 9.49. The minimum absolute atomic E-state index is 0.932. The first-order valence-electron chi connectivity index (χ1n) is 1.78. The highest BCUT2D eigenvalue weighted by Gasteiger charge is 1.77. The van der Waals surface area contributed by atoms with Crippen LogP contribution in [0, 0.1) is 0 Å². The third kappa shape index (κ3) is 17.9. The molecule has 0 aromatic carbocycles. The molecule has 0 radical (unpaired) electrons. The summed E-state index contributed by atoms with van der Waals surface area (Å²) in [6.07, 6.45) is 0.932. The van der Waals surface area contributed by atoms with Crippen molar-refractivity contribution < 1.29 is 14.0 Å². The smallest absolute Gasteiger partial charge is 0.364 e. The largest absolute Gasteiger partial charge is 0.435 e. The summed E-state index contributed by atoms with van der Waals surface area (Å²) in [4.78, 5) is 7.81. The van der Waals surface area contributed by atoms with E-state index < -0.39 is 8.25 Å². The molecular formula is C4H9O3P. The first-order chi connectivity index (χ1) is 3.77. The standard InChI is InChI=1S/C2H5O3P.C2H4/c1-2-5-6(3)4;1-2/h2,6H,1H2,(H,3,4);1-2H2. The van der Waals surface area contributed by atoms with Crippen molar-refractivity contribution in [1.29, 1.82) is 0 Å². The van der Waals surface area contributed by atoms with Gasteiger partial charge in [0.15, 0.2) is 0 Å². The van der Waals surface area contributed by atoms with Crippen molar-refractivity contribution in [1.82, 2.24) is 0 Å². The lowest BCUT2D eigenvalue weighted by Crippen LogP contribution is -1.55. The Hall–Kier alpha value is -0.530. The zero-order chi connectivity index (χ0) is 6.99. The van der Waals surface area contributed by atoms with Gasteiger partial charge in [0.1, 0.15) is 0 Å². The molecule has 0 amide bonds. The summed E-state index contributed by atoms with van der Waals surface area (Å²) in [6, 6.07) is 0. The first kappa shape index (κ1) is 10.5. The Morgan fingerprint density at radius 2 is 2.00 bits per heavy atom. The monoisotopic (exact) mass is 136 g/mol. The van der Waals surface area contributed by atoms with Crippen LogP contribution in [0.5, 0.6) is 0 Å². The summed E-state index contributed by atoms with van der Waals surface area (Å²) in [7, 11) is -2.75.